The van der Waals surface area contributed by atoms with Gasteiger partial charge in [0.25, 0.3) is 5.91 Å². The second-order valence-corrected chi connectivity index (χ2v) is 10.6. The van der Waals surface area contributed by atoms with Gasteiger partial charge in [0.1, 0.15) is 16.7 Å². The first-order valence-electron chi connectivity index (χ1n) is 11.2. The first-order valence-corrected chi connectivity index (χ1v) is 12.9. The maximum absolute atomic E-state index is 13.7. The molecule has 8 heteroatoms. The number of carbonyl (C=O) groups excluding carboxylic acids is 2. The van der Waals surface area contributed by atoms with E-state index in [1.807, 2.05) is 57.2 Å². The van der Waals surface area contributed by atoms with Gasteiger partial charge in [-0.05, 0) is 80.3 Å². The summed E-state index contributed by atoms with van der Waals surface area (Å²) in [4.78, 5) is 28.4. The van der Waals surface area contributed by atoms with Crippen LogP contribution in [-0.2, 0) is 16.0 Å². The van der Waals surface area contributed by atoms with E-state index in [9.17, 15) is 14.9 Å². The SMILES string of the molecule is Cc1ccc(NC(=O)/C(C#N)=C2\SC(Cc3ccc(Cl)cc3Cl)C(=O)N2c2ccc(C)c(C)c2)cc1. The number of hydrogen-bond acceptors (Lipinski definition) is 4. The third-order valence-electron chi connectivity index (χ3n) is 5.98. The summed E-state index contributed by atoms with van der Waals surface area (Å²) in [6.07, 6.45) is 0.322. The summed E-state index contributed by atoms with van der Waals surface area (Å²) in [5.74, 6) is -0.796. The lowest BCUT2D eigenvalue weighted by Gasteiger charge is -2.20. The highest BCUT2D eigenvalue weighted by molar-refractivity contribution is 8.05. The molecule has 0 saturated carbocycles. The lowest BCUT2D eigenvalue weighted by molar-refractivity contribution is -0.117. The maximum atomic E-state index is 13.7. The van der Waals surface area contributed by atoms with Gasteiger partial charge in [-0.2, -0.15) is 5.26 Å². The molecular formula is C28H23Cl2N3O2S. The van der Waals surface area contributed by atoms with Crippen molar-refractivity contribution in [3.8, 4) is 6.07 Å². The Hall–Kier alpha value is -3.24. The summed E-state index contributed by atoms with van der Waals surface area (Å²) in [7, 11) is 0. The van der Waals surface area contributed by atoms with Crippen molar-refractivity contribution in [1.82, 2.24) is 0 Å². The van der Waals surface area contributed by atoms with E-state index >= 15 is 0 Å². The number of nitrogens with zero attached hydrogens (tertiary/aromatic N) is 2. The molecule has 1 aliphatic heterocycles. The molecule has 3 aromatic rings. The maximum Gasteiger partial charge on any atom is 0.269 e. The summed E-state index contributed by atoms with van der Waals surface area (Å²) in [5.41, 5.74) is 4.92. The number of thioether (sulfide) groups is 1. The first kappa shape index (κ1) is 25.8. The van der Waals surface area contributed by atoms with Crippen LogP contribution in [0.15, 0.2) is 71.3 Å². The topological polar surface area (TPSA) is 73.2 Å². The summed E-state index contributed by atoms with van der Waals surface area (Å²) in [6, 6.07) is 20.1. The molecule has 0 aromatic heterocycles. The van der Waals surface area contributed by atoms with Gasteiger partial charge in [0, 0.05) is 21.4 Å². The zero-order valence-corrected chi connectivity index (χ0v) is 22.3. The van der Waals surface area contributed by atoms with E-state index in [1.165, 1.54) is 16.7 Å². The van der Waals surface area contributed by atoms with E-state index in [4.69, 9.17) is 23.2 Å². The van der Waals surface area contributed by atoms with Crippen LogP contribution >= 0.6 is 35.0 Å². The minimum Gasteiger partial charge on any atom is -0.321 e. The summed E-state index contributed by atoms with van der Waals surface area (Å²) in [5, 5.41) is 13.5. The average molecular weight is 536 g/mol. The molecule has 36 heavy (non-hydrogen) atoms. The molecule has 1 unspecified atom stereocenters. The Balaban J connectivity index is 1.75. The van der Waals surface area contributed by atoms with Gasteiger partial charge < -0.3 is 5.32 Å². The Morgan fingerprint density at radius 1 is 1.03 bits per heavy atom. The first-order chi connectivity index (χ1) is 17.2. The van der Waals surface area contributed by atoms with Crippen molar-refractivity contribution in [1.29, 1.82) is 5.26 Å². The highest BCUT2D eigenvalue weighted by atomic mass is 35.5. The van der Waals surface area contributed by atoms with Crippen LogP contribution in [-0.4, -0.2) is 17.1 Å². The lowest BCUT2D eigenvalue weighted by atomic mass is 10.1. The van der Waals surface area contributed by atoms with Crippen LogP contribution in [0.4, 0.5) is 11.4 Å². The molecule has 0 spiro atoms. The fourth-order valence-corrected chi connectivity index (χ4v) is 5.59. The van der Waals surface area contributed by atoms with Crippen molar-refractivity contribution in [2.24, 2.45) is 0 Å². The number of halogens is 2. The average Bonchev–Trinajstić information content (AvgIpc) is 3.15. The standard InChI is InChI=1S/C28H23Cl2N3O2S/c1-16-4-9-21(10-5-16)32-26(34)23(15-31)28-33(22-11-6-17(2)18(3)12-22)27(35)25(36-28)13-19-7-8-20(29)14-24(19)30/h4-12,14,25H,13H2,1-3H3,(H,32,34)/b28-23-. The van der Waals surface area contributed by atoms with Crippen LogP contribution in [0.5, 0.6) is 0 Å². The van der Waals surface area contributed by atoms with E-state index in [2.05, 4.69) is 5.32 Å². The summed E-state index contributed by atoms with van der Waals surface area (Å²) < 4.78 is 0. The van der Waals surface area contributed by atoms with Gasteiger partial charge in [0.15, 0.2) is 0 Å². The van der Waals surface area contributed by atoms with Crippen molar-refractivity contribution >= 4 is 58.2 Å². The number of aryl methyl sites for hydroxylation is 3. The fourth-order valence-electron chi connectivity index (χ4n) is 3.80. The number of anilines is 2. The molecular weight excluding hydrogens is 513 g/mol. The van der Waals surface area contributed by atoms with Gasteiger partial charge in [-0.25, -0.2) is 0 Å². The molecule has 1 fully saturated rings. The minimum absolute atomic E-state index is 0.128. The molecule has 2 amide bonds. The van der Waals surface area contributed by atoms with Crippen LogP contribution in [0, 0.1) is 32.1 Å². The molecule has 1 saturated heterocycles. The molecule has 0 aliphatic carbocycles. The van der Waals surface area contributed by atoms with E-state index in [0.29, 0.717) is 32.9 Å². The van der Waals surface area contributed by atoms with Crippen LogP contribution in [0.1, 0.15) is 22.3 Å². The highest BCUT2D eigenvalue weighted by Crippen LogP contribution is 2.43. The largest absolute Gasteiger partial charge is 0.321 e. The third kappa shape index (κ3) is 5.44. The Bertz CT molecular complexity index is 1430. The summed E-state index contributed by atoms with van der Waals surface area (Å²) in [6.45, 7) is 5.89. The van der Waals surface area contributed by atoms with Crippen molar-refractivity contribution in [2.75, 3.05) is 10.2 Å². The monoisotopic (exact) mass is 535 g/mol. The fraction of sp³-hybridized carbons (Fsp3) is 0.179. The molecule has 0 radical (unpaired) electrons. The number of nitriles is 1. The van der Waals surface area contributed by atoms with Gasteiger partial charge in [-0.15, -0.1) is 0 Å². The minimum atomic E-state index is -0.573. The third-order valence-corrected chi connectivity index (χ3v) is 7.83. The number of amides is 2. The zero-order chi connectivity index (χ0) is 26.0. The van der Waals surface area contributed by atoms with Crippen molar-refractivity contribution in [3.05, 3.63) is 104 Å². The number of nitrogens with one attached hydrogen (secondary N) is 1. The van der Waals surface area contributed by atoms with Gasteiger partial charge in [-0.1, -0.05) is 64.8 Å². The predicted molar refractivity (Wildman–Crippen MR) is 147 cm³/mol. The molecule has 1 aliphatic rings. The predicted octanol–water partition coefficient (Wildman–Crippen LogP) is 6.98. The molecule has 0 bridgehead atoms. The number of benzene rings is 3. The lowest BCUT2D eigenvalue weighted by Crippen LogP contribution is -2.31. The van der Waals surface area contributed by atoms with Gasteiger partial charge in [0.2, 0.25) is 5.91 Å². The van der Waals surface area contributed by atoms with Crippen LogP contribution in [0.2, 0.25) is 10.0 Å². The van der Waals surface area contributed by atoms with Crippen molar-refractivity contribution in [3.63, 3.8) is 0 Å². The van der Waals surface area contributed by atoms with Crippen molar-refractivity contribution < 1.29 is 9.59 Å². The number of rotatable bonds is 5. The Morgan fingerprint density at radius 3 is 2.39 bits per heavy atom. The van der Waals surface area contributed by atoms with E-state index in [0.717, 1.165) is 22.3 Å². The van der Waals surface area contributed by atoms with Gasteiger partial charge >= 0.3 is 0 Å². The Labute approximate surface area is 224 Å². The van der Waals surface area contributed by atoms with Crippen molar-refractivity contribution in [2.45, 2.75) is 32.4 Å². The molecule has 1 atom stereocenters. The normalized spacial score (nSPS) is 16.6. The highest BCUT2D eigenvalue weighted by Gasteiger charge is 2.41. The second kappa shape index (κ2) is 10.8. The number of carbonyl (C=O) groups is 2. The van der Waals surface area contributed by atoms with Gasteiger partial charge in [-0.3, -0.25) is 14.5 Å². The molecule has 1 N–H and O–H groups in total. The zero-order valence-electron chi connectivity index (χ0n) is 19.9. The second-order valence-electron chi connectivity index (χ2n) is 8.60. The molecule has 1 heterocycles. The van der Waals surface area contributed by atoms with Crippen LogP contribution in [0.3, 0.4) is 0 Å². The van der Waals surface area contributed by atoms with E-state index < -0.39 is 11.2 Å². The smallest absolute Gasteiger partial charge is 0.269 e. The van der Waals surface area contributed by atoms with E-state index in [1.54, 1.807) is 30.3 Å². The van der Waals surface area contributed by atoms with E-state index in [-0.39, 0.29) is 11.5 Å². The molecule has 3 aromatic carbocycles. The molecule has 4 rings (SSSR count). The number of hydrogen-bond donors (Lipinski definition) is 1. The Morgan fingerprint density at radius 2 is 1.75 bits per heavy atom. The molecule has 5 nitrogen and oxygen atoms in total. The van der Waals surface area contributed by atoms with Crippen LogP contribution < -0.4 is 10.2 Å². The Kier molecular flexibility index (Phi) is 7.75. The molecule has 182 valence electrons. The quantitative estimate of drug-likeness (QED) is 0.282. The summed E-state index contributed by atoms with van der Waals surface area (Å²) >= 11 is 13.6. The van der Waals surface area contributed by atoms with Gasteiger partial charge in [0.05, 0.1) is 5.25 Å². The van der Waals surface area contributed by atoms with Crippen LogP contribution in [0.25, 0.3) is 0 Å².